The Balaban J connectivity index is 1.59. The van der Waals surface area contributed by atoms with E-state index in [-0.39, 0.29) is 17.3 Å². The summed E-state index contributed by atoms with van der Waals surface area (Å²) in [7, 11) is -0.799. The molecule has 0 bridgehead atoms. The highest BCUT2D eigenvalue weighted by atomic mass is 32.2. The van der Waals surface area contributed by atoms with Crippen molar-refractivity contribution in [3.8, 4) is 5.75 Å². The number of rotatable bonds is 7. The number of hydrogen-bond donors (Lipinski definition) is 0. The topological polar surface area (TPSA) is 88.0 Å². The molecule has 10 heteroatoms. The molecule has 1 amide bonds. The maximum atomic E-state index is 13.9. The van der Waals surface area contributed by atoms with Crippen LogP contribution in [0.15, 0.2) is 59.5 Å². The van der Waals surface area contributed by atoms with Crippen LogP contribution < -0.4 is 13.9 Å². The smallest absolute Gasteiger partial charge is 0.268 e. The zero-order valence-electron chi connectivity index (χ0n) is 20.5. The highest BCUT2D eigenvalue weighted by Crippen LogP contribution is 2.29. The van der Waals surface area contributed by atoms with E-state index in [0.717, 1.165) is 5.69 Å². The molecular formula is C25H31N5O4S. The molecule has 1 aromatic heterocycles. The molecule has 0 saturated carbocycles. The zero-order chi connectivity index (χ0) is 25.2. The van der Waals surface area contributed by atoms with Crippen LogP contribution in [0.25, 0.3) is 0 Å². The number of methoxy groups -OCH3 is 1. The summed E-state index contributed by atoms with van der Waals surface area (Å²) in [6, 6.07) is 16.7. The van der Waals surface area contributed by atoms with Crippen LogP contribution in [0.3, 0.4) is 0 Å². The molecule has 3 aromatic rings. The van der Waals surface area contributed by atoms with Crippen molar-refractivity contribution in [2.75, 3.05) is 49.0 Å². The van der Waals surface area contributed by atoms with Gasteiger partial charge in [-0.3, -0.25) is 13.8 Å². The van der Waals surface area contributed by atoms with E-state index in [0.29, 0.717) is 49.0 Å². The minimum Gasteiger partial charge on any atom is -0.497 e. The molecule has 9 nitrogen and oxygen atoms in total. The molecule has 4 rings (SSSR count). The van der Waals surface area contributed by atoms with E-state index in [9.17, 15) is 13.2 Å². The van der Waals surface area contributed by atoms with Crippen molar-refractivity contribution in [2.24, 2.45) is 7.05 Å². The molecule has 0 aliphatic carbocycles. The number of hydrogen-bond acceptors (Lipinski definition) is 6. The molecule has 0 unspecified atom stereocenters. The quantitative estimate of drug-likeness (QED) is 0.499. The number of ether oxygens (including phenoxy) is 1. The molecular weight excluding hydrogens is 466 g/mol. The number of nitrogens with zero attached hydrogens (tertiary/aromatic N) is 5. The van der Waals surface area contributed by atoms with E-state index in [1.54, 1.807) is 61.9 Å². The van der Waals surface area contributed by atoms with Gasteiger partial charge in [0.15, 0.2) is 0 Å². The van der Waals surface area contributed by atoms with Crippen LogP contribution in [-0.2, 0) is 21.9 Å². The van der Waals surface area contributed by atoms with Gasteiger partial charge >= 0.3 is 0 Å². The fraction of sp³-hybridized carbons (Fsp3) is 0.360. The summed E-state index contributed by atoms with van der Waals surface area (Å²) >= 11 is 0. The van der Waals surface area contributed by atoms with E-state index < -0.39 is 10.0 Å². The highest BCUT2D eigenvalue weighted by molar-refractivity contribution is 7.93. The van der Waals surface area contributed by atoms with Crippen LogP contribution in [0.4, 0.5) is 11.4 Å². The summed E-state index contributed by atoms with van der Waals surface area (Å²) in [5, 5.41) is 4.28. The normalized spacial score (nSPS) is 14.2. The van der Waals surface area contributed by atoms with Gasteiger partial charge in [-0.15, -0.1) is 0 Å². The van der Waals surface area contributed by atoms with Crippen molar-refractivity contribution in [3.63, 3.8) is 0 Å². The molecule has 186 valence electrons. The fourth-order valence-electron chi connectivity index (χ4n) is 4.38. The Morgan fingerprint density at radius 3 is 2.17 bits per heavy atom. The third kappa shape index (κ3) is 4.97. The van der Waals surface area contributed by atoms with E-state index >= 15 is 0 Å². The van der Waals surface area contributed by atoms with Crippen LogP contribution in [0, 0.1) is 13.8 Å². The third-order valence-corrected chi connectivity index (χ3v) is 8.41. The molecule has 0 radical (unpaired) electrons. The Labute approximate surface area is 206 Å². The van der Waals surface area contributed by atoms with Gasteiger partial charge in [-0.1, -0.05) is 18.2 Å². The van der Waals surface area contributed by atoms with E-state index in [2.05, 4.69) is 10.00 Å². The number of anilines is 2. The van der Waals surface area contributed by atoms with Crippen molar-refractivity contribution in [2.45, 2.75) is 18.7 Å². The lowest BCUT2D eigenvalue weighted by atomic mass is 10.2. The molecule has 2 aromatic carbocycles. The van der Waals surface area contributed by atoms with Crippen LogP contribution >= 0.6 is 0 Å². The van der Waals surface area contributed by atoms with E-state index in [1.165, 1.54) is 4.31 Å². The predicted molar refractivity (Wildman–Crippen MR) is 135 cm³/mol. The van der Waals surface area contributed by atoms with E-state index in [4.69, 9.17) is 4.74 Å². The van der Waals surface area contributed by atoms with Gasteiger partial charge < -0.3 is 14.5 Å². The number of amides is 1. The Morgan fingerprint density at radius 1 is 1.00 bits per heavy atom. The Hall–Kier alpha value is -3.53. The highest BCUT2D eigenvalue weighted by Gasteiger charge is 2.34. The Kier molecular flexibility index (Phi) is 7.02. The molecule has 0 spiro atoms. The average molecular weight is 498 g/mol. The van der Waals surface area contributed by atoms with Crippen molar-refractivity contribution >= 4 is 27.3 Å². The number of piperazine rings is 1. The van der Waals surface area contributed by atoms with Gasteiger partial charge in [0.2, 0.25) is 5.91 Å². The largest absolute Gasteiger partial charge is 0.497 e. The number of benzene rings is 2. The molecule has 2 heterocycles. The second-order valence-corrected chi connectivity index (χ2v) is 10.3. The van der Waals surface area contributed by atoms with Crippen molar-refractivity contribution in [1.82, 2.24) is 14.7 Å². The van der Waals surface area contributed by atoms with Crippen LogP contribution in [0.5, 0.6) is 5.75 Å². The van der Waals surface area contributed by atoms with Crippen molar-refractivity contribution in [1.29, 1.82) is 0 Å². The second-order valence-electron chi connectivity index (χ2n) is 8.54. The van der Waals surface area contributed by atoms with Gasteiger partial charge in [0, 0.05) is 38.9 Å². The molecule has 1 aliphatic heterocycles. The van der Waals surface area contributed by atoms with Gasteiger partial charge in [0.1, 0.15) is 17.2 Å². The minimum absolute atomic E-state index is 0.123. The summed E-state index contributed by atoms with van der Waals surface area (Å²) in [6.07, 6.45) is 0. The molecule has 1 saturated heterocycles. The Morgan fingerprint density at radius 2 is 1.63 bits per heavy atom. The number of aromatic nitrogens is 2. The summed E-state index contributed by atoms with van der Waals surface area (Å²) in [4.78, 5) is 17.4. The van der Waals surface area contributed by atoms with Crippen molar-refractivity contribution in [3.05, 3.63) is 66.0 Å². The Bertz CT molecular complexity index is 1280. The van der Waals surface area contributed by atoms with Gasteiger partial charge in [-0.25, -0.2) is 8.42 Å². The lowest BCUT2D eigenvalue weighted by Crippen LogP contribution is -2.52. The van der Waals surface area contributed by atoms with Gasteiger partial charge in [0.25, 0.3) is 10.0 Å². The van der Waals surface area contributed by atoms with Crippen LogP contribution in [0.2, 0.25) is 0 Å². The standard InChI is InChI=1S/C25H31N5O4S/c1-19-25(20(2)27(3)26-19)35(32,33)30(22-10-12-23(34-4)13-11-22)18-24(31)29-16-14-28(15-17-29)21-8-6-5-7-9-21/h5-13H,14-18H2,1-4H3. The molecule has 35 heavy (non-hydrogen) atoms. The van der Waals surface area contributed by atoms with Gasteiger partial charge in [-0.2, -0.15) is 5.10 Å². The maximum Gasteiger partial charge on any atom is 0.268 e. The van der Waals surface area contributed by atoms with Crippen LogP contribution in [0.1, 0.15) is 11.4 Å². The monoisotopic (exact) mass is 497 g/mol. The summed E-state index contributed by atoms with van der Waals surface area (Å²) < 4.78 is 35.7. The summed E-state index contributed by atoms with van der Waals surface area (Å²) in [5.74, 6) is 0.361. The average Bonchev–Trinajstić information content (AvgIpc) is 3.14. The van der Waals surface area contributed by atoms with Crippen LogP contribution in [-0.4, -0.2) is 68.8 Å². The third-order valence-electron chi connectivity index (χ3n) is 6.38. The molecule has 0 atom stereocenters. The number of carbonyl (C=O) groups excluding carboxylic acids is 1. The first-order valence-corrected chi connectivity index (χ1v) is 12.9. The minimum atomic E-state index is -4.05. The lowest BCUT2D eigenvalue weighted by molar-refractivity contribution is -0.129. The first kappa shape index (κ1) is 24.6. The first-order valence-electron chi connectivity index (χ1n) is 11.5. The van der Waals surface area contributed by atoms with Gasteiger partial charge in [-0.05, 0) is 50.2 Å². The fourth-order valence-corrected chi connectivity index (χ4v) is 6.20. The number of para-hydroxylation sites is 1. The zero-order valence-corrected chi connectivity index (χ0v) is 21.3. The van der Waals surface area contributed by atoms with E-state index in [1.807, 2.05) is 30.3 Å². The number of aryl methyl sites for hydroxylation is 2. The summed E-state index contributed by atoms with van der Waals surface area (Å²) in [6.45, 7) is 5.50. The number of sulfonamides is 1. The van der Waals surface area contributed by atoms with Crippen molar-refractivity contribution < 1.29 is 17.9 Å². The first-order chi connectivity index (χ1) is 16.7. The molecule has 0 N–H and O–H groups in total. The molecule has 1 fully saturated rings. The maximum absolute atomic E-state index is 13.9. The summed E-state index contributed by atoms with van der Waals surface area (Å²) in [5.41, 5.74) is 2.42. The van der Waals surface area contributed by atoms with Gasteiger partial charge in [0.05, 0.1) is 24.2 Å². The molecule has 1 aliphatic rings. The second kappa shape index (κ2) is 9.99. The number of carbonyl (C=O) groups is 1. The lowest BCUT2D eigenvalue weighted by Gasteiger charge is -2.37. The predicted octanol–water partition coefficient (Wildman–Crippen LogP) is 2.59. The SMILES string of the molecule is COc1ccc(N(CC(=O)N2CCN(c3ccccc3)CC2)S(=O)(=O)c2c(C)nn(C)c2C)cc1.